The highest BCUT2D eigenvalue weighted by Crippen LogP contribution is 2.25. The van der Waals surface area contributed by atoms with Crippen molar-refractivity contribution in [2.75, 3.05) is 46.8 Å². The molecule has 2 aliphatic heterocycles. The lowest BCUT2D eigenvalue weighted by molar-refractivity contribution is -0.135. The fraction of sp³-hybridized carbons (Fsp3) is 0.933. The minimum absolute atomic E-state index is 0.137. The second-order valence-electron chi connectivity index (χ2n) is 6.09. The highest BCUT2D eigenvalue weighted by Gasteiger charge is 2.36. The monoisotopic (exact) mass is 282 g/mol. The number of nitrogens with zero attached hydrogens (tertiary/aromatic N) is 2. The van der Waals surface area contributed by atoms with Crippen molar-refractivity contribution in [3.8, 4) is 0 Å². The predicted octanol–water partition coefficient (Wildman–Crippen LogP) is 0.271. The Hall–Kier alpha value is -0.650. The average Bonchev–Trinajstić information content (AvgIpc) is 2.97. The standard InChI is InChI=1S/C15H30N4O/c1-16-8-4-11-18(2)15(20)14-5-3-12-19(14)13-6-9-17-10-7-13/h13-14,16-17H,3-12H2,1-2H3. The van der Waals surface area contributed by atoms with Crippen molar-refractivity contribution < 1.29 is 4.79 Å². The van der Waals surface area contributed by atoms with Crippen LogP contribution in [0.25, 0.3) is 0 Å². The smallest absolute Gasteiger partial charge is 0.239 e. The van der Waals surface area contributed by atoms with Gasteiger partial charge in [-0.3, -0.25) is 9.69 Å². The minimum Gasteiger partial charge on any atom is -0.344 e. The molecule has 1 unspecified atom stereocenters. The SMILES string of the molecule is CNCCCN(C)C(=O)C1CCCN1C1CCNCC1. The zero-order valence-corrected chi connectivity index (χ0v) is 13.0. The molecular weight excluding hydrogens is 252 g/mol. The first-order chi connectivity index (χ1) is 9.74. The molecule has 2 rings (SSSR count). The van der Waals surface area contributed by atoms with Crippen molar-refractivity contribution in [2.24, 2.45) is 0 Å². The van der Waals surface area contributed by atoms with Gasteiger partial charge in [-0.15, -0.1) is 0 Å². The van der Waals surface area contributed by atoms with E-state index in [0.29, 0.717) is 11.9 Å². The summed E-state index contributed by atoms with van der Waals surface area (Å²) >= 11 is 0. The molecule has 5 nitrogen and oxygen atoms in total. The molecule has 0 aromatic heterocycles. The molecule has 0 saturated carbocycles. The number of likely N-dealkylation sites (N-methyl/N-ethyl adjacent to an activating group) is 1. The highest BCUT2D eigenvalue weighted by molar-refractivity contribution is 5.82. The number of rotatable bonds is 6. The summed E-state index contributed by atoms with van der Waals surface area (Å²) in [5.41, 5.74) is 0. The fourth-order valence-electron chi connectivity index (χ4n) is 3.49. The molecule has 0 bridgehead atoms. The van der Waals surface area contributed by atoms with Crippen molar-refractivity contribution in [1.29, 1.82) is 0 Å². The molecule has 2 N–H and O–H groups in total. The lowest BCUT2D eigenvalue weighted by Gasteiger charge is -2.36. The lowest BCUT2D eigenvalue weighted by Crippen LogP contribution is -2.51. The summed E-state index contributed by atoms with van der Waals surface area (Å²) in [6, 6.07) is 0.746. The summed E-state index contributed by atoms with van der Waals surface area (Å²) in [6.45, 7) is 5.13. The van der Waals surface area contributed by atoms with Gasteiger partial charge in [0.2, 0.25) is 5.91 Å². The molecule has 0 aromatic carbocycles. The maximum absolute atomic E-state index is 12.6. The first-order valence-electron chi connectivity index (χ1n) is 8.10. The number of nitrogens with one attached hydrogen (secondary N) is 2. The van der Waals surface area contributed by atoms with Crippen LogP contribution < -0.4 is 10.6 Å². The highest BCUT2D eigenvalue weighted by atomic mass is 16.2. The largest absolute Gasteiger partial charge is 0.344 e. The van der Waals surface area contributed by atoms with Crippen LogP contribution in [0.2, 0.25) is 0 Å². The van der Waals surface area contributed by atoms with Gasteiger partial charge in [0.1, 0.15) is 0 Å². The summed E-state index contributed by atoms with van der Waals surface area (Å²) in [7, 11) is 3.91. The van der Waals surface area contributed by atoms with Crippen molar-refractivity contribution in [2.45, 2.75) is 44.2 Å². The molecule has 2 aliphatic rings. The Bertz CT molecular complexity index is 304. The Balaban J connectivity index is 1.86. The summed E-state index contributed by atoms with van der Waals surface area (Å²) in [4.78, 5) is 17.1. The van der Waals surface area contributed by atoms with Gasteiger partial charge in [-0.1, -0.05) is 0 Å². The van der Waals surface area contributed by atoms with Crippen LogP contribution in [0.3, 0.4) is 0 Å². The molecule has 2 fully saturated rings. The molecule has 0 spiro atoms. The predicted molar refractivity (Wildman–Crippen MR) is 81.8 cm³/mol. The fourth-order valence-corrected chi connectivity index (χ4v) is 3.49. The Labute approximate surface area is 123 Å². The topological polar surface area (TPSA) is 47.6 Å². The van der Waals surface area contributed by atoms with Crippen LogP contribution in [0.4, 0.5) is 0 Å². The van der Waals surface area contributed by atoms with E-state index < -0.39 is 0 Å². The molecule has 0 aliphatic carbocycles. The van der Waals surface area contributed by atoms with E-state index in [0.717, 1.165) is 45.6 Å². The number of hydrogen-bond donors (Lipinski definition) is 2. The quantitative estimate of drug-likeness (QED) is 0.687. The Morgan fingerprint density at radius 3 is 2.80 bits per heavy atom. The molecule has 1 atom stereocenters. The Morgan fingerprint density at radius 2 is 2.10 bits per heavy atom. The first kappa shape index (κ1) is 15.7. The van der Waals surface area contributed by atoms with Gasteiger partial charge in [0.15, 0.2) is 0 Å². The third-order valence-corrected chi connectivity index (χ3v) is 4.65. The lowest BCUT2D eigenvalue weighted by atomic mass is 10.0. The summed E-state index contributed by atoms with van der Waals surface area (Å²) in [5, 5.41) is 6.55. The van der Waals surface area contributed by atoms with E-state index in [2.05, 4.69) is 15.5 Å². The van der Waals surface area contributed by atoms with Crippen LogP contribution in [0.1, 0.15) is 32.1 Å². The number of piperidine rings is 1. The van der Waals surface area contributed by atoms with Crippen molar-refractivity contribution in [3.63, 3.8) is 0 Å². The van der Waals surface area contributed by atoms with E-state index in [4.69, 9.17) is 0 Å². The summed E-state index contributed by atoms with van der Waals surface area (Å²) in [5.74, 6) is 0.331. The second kappa shape index (κ2) is 7.96. The van der Waals surface area contributed by atoms with Gasteiger partial charge in [0.25, 0.3) is 0 Å². The van der Waals surface area contributed by atoms with Crippen LogP contribution in [-0.4, -0.2) is 74.6 Å². The third-order valence-electron chi connectivity index (χ3n) is 4.65. The number of carbonyl (C=O) groups is 1. The number of amides is 1. The van der Waals surface area contributed by atoms with Gasteiger partial charge in [0.05, 0.1) is 6.04 Å². The van der Waals surface area contributed by atoms with Gasteiger partial charge in [-0.2, -0.15) is 0 Å². The van der Waals surface area contributed by atoms with E-state index in [-0.39, 0.29) is 6.04 Å². The number of hydrogen-bond acceptors (Lipinski definition) is 4. The number of carbonyl (C=O) groups excluding carboxylic acids is 1. The van der Waals surface area contributed by atoms with Crippen molar-refractivity contribution >= 4 is 5.91 Å². The maximum atomic E-state index is 12.6. The summed E-state index contributed by atoms with van der Waals surface area (Å²) < 4.78 is 0. The van der Waals surface area contributed by atoms with Gasteiger partial charge in [-0.05, 0) is 65.3 Å². The average molecular weight is 282 g/mol. The van der Waals surface area contributed by atoms with Crippen LogP contribution >= 0.6 is 0 Å². The van der Waals surface area contributed by atoms with Gasteiger partial charge in [-0.25, -0.2) is 0 Å². The van der Waals surface area contributed by atoms with Crippen molar-refractivity contribution in [1.82, 2.24) is 20.4 Å². The molecule has 0 aromatic rings. The van der Waals surface area contributed by atoms with Crippen LogP contribution in [0.5, 0.6) is 0 Å². The maximum Gasteiger partial charge on any atom is 0.239 e. The molecule has 0 radical (unpaired) electrons. The van der Waals surface area contributed by atoms with Crippen LogP contribution in [0.15, 0.2) is 0 Å². The Morgan fingerprint density at radius 1 is 1.35 bits per heavy atom. The molecule has 20 heavy (non-hydrogen) atoms. The Kier molecular flexibility index (Phi) is 6.26. The first-order valence-corrected chi connectivity index (χ1v) is 8.10. The molecule has 2 saturated heterocycles. The van der Waals surface area contributed by atoms with Gasteiger partial charge in [0, 0.05) is 19.6 Å². The van der Waals surface area contributed by atoms with E-state index in [1.165, 1.54) is 19.3 Å². The third kappa shape index (κ3) is 3.93. The second-order valence-corrected chi connectivity index (χ2v) is 6.09. The molecule has 5 heteroatoms. The van der Waals surface area contributed by atoms with E-state index >= 15 is 0 Å². The van der Waals surface area contributed by atoms with E-state index in [1.807, 2.05) is 19.0 Å². The minimum atomic E-state index is 0.137. The van der Waals surface area contributed by atoms with Crippen molar-refractivity contribution in [3.05, 3.63) is 0 Å². The number of likely N-dealkylation sites (tertiary alicyclic amines) is 1. The molecule has 1 amide bonds. The van der Waals surface area contributed by atoms with Gasteiger partial charge >= 0.3 is 0 Å². The molecule has 116 valence electrons. The molecular formula is C15H30N4O. The normalized spacial score (nSPS) is 25.0. The van der Waals surface area contributed by atoms with E-state index in [1.54, 1.807) is 0 Å². The van der Waals surface area contributed by atoms with Crippen LogP contribution in [-0.2, 0) is 4.79 Å². The zero-order valence-electron chi connectivity index (χ0n) is 13.0. The molecule has 2 heterocycles. The van der Waals surface area contributed by atoms with Crippen LogP contribution in [0, 0.1) is 0 Å². The van der Waals surface area contributed by atoms with Gasteiger partial charge < -0.3 is 15.5 Å². The zero-order chi connectivity index (χ0) is 14.4. The van der Waals surface area contributed by atoms with E-state index in [9.17, 15) is 4.79 Å². The summed E-state index contributed by atoms with van der Waals surface area (Å²) in [6.07, 6.45) is 5.61.